The molecule has 0 radical (unpaired) electrons. The topological polar surface area (TPSA) is 52.3 Å². The molecule has 3 heteroatoms. The summed E-state index contributed by atoms with van der Waals surface area (Å²) in [6, 6.07) is 21.9. The average Bonchev–Trinajstić information content (AvgIpc) is 2.57. The summed E-state index contributed by atoms with van der Waals surface area (Å²) < 4.78 is 5.73. The van der Waals surface area contributed by atoms with Crippen LogP contribution in [0.2, 0.25) is 0 Å². The highest BCUT2D eigenvalue weighted by Gasteiger charge is 2.09. The summed E-state index contributed by atoms with van der Waals surface area (Å²) >= 11 is 0. The molecule has 3 nitrogen and oxygen atoms in total. The van der Waals surface area contributed by atoms with Crippen LogP contribution in [0.4, 0.5) is 5.69 Å². The third-order valence-corrected chi connectivity index (χ3v) is 3.51. The number of ether oxygens (including phenoxy) is 1. The first kappa shape index (κ1) is 14.9. The first-order chi connectivity index (χ1) is 11.1. The minimum absolute atomic E-state index is 0.00716. The van der Waals surface area contributed by atoms with Gasteiger partial charge in [-0.3, -0.25) is 4.79 Å². The summed E-state index contributed by atoms with van der Waals surface area (Å²) in [5.41, 5.74) is 8.74. The van der Waals surface area contributed by atoms with E-state index in [2.05, 4.69) is 0 Å². The average molecular weight is 303 g/mol. The number of carbonyl (C=O) groups is 1. The lowest BCUT2D eigenvalue weighted by Gasteiger charge is -2.07. The molecule has 114 valence electrons. The number of carbonyl (C=O) groups excluding carboxylic acids is 1. The molecule has 3 aromatic carbocycles. The second kappa shape index (κ2) is 6.36. The Balaban J connectivity index is 1.76. The van der Waals surface area contributed by atoms with E-state index in [1.54, 1.807) is 48.5 Å². The highest BCUT2D eigenvalue weighted by molar-refractivity contribution is 6.09. The standard InChI is InChI=1S/C20H17NO2/c1-14-3-2-4-16(13-14)20(22)15-5-9-18(10-6-15)23-19-11-7-17(21)8-12-19/h2-13H,21H2,1H3. The van der Waals surface area contributed by atoms with Crippen molar-refractivity contribution in [1.29, 1.82) is 0 Å². The van der Waals surface area contributed by atoms with E-state index in [1.165, 1.54) is 0 Å². The first-order valence-electron chi connectivity index (χ1n) is 7.37. The number of aryl methyl sites for hydroxylation is 1. The molecule has 0 saturated heterocycles. The molecule has 2 N–H and O–H groups in total. The Hall–Kier alpha value is -3.07. The molecular weight excluding hydrogens is 286 g/mol. The molecule has 0 fully saturated rings. The zero-order chi connectivity index (χ0) is 16.2. The maximum atomic E-state index is 12.5. The van der Waals surface area contributed by atoms with E-state index in [9.17, 15) is 4.79 Å². The van der Waals surface area contributed by atoms with E-state index in [-0.39, 0.29) is 5.78 Å². The van der Waals surface area contributed by atoms with Crippen LogP contribution < -0.4 is 10.5 Å². The van der Waals surface area contributed by atoms with E-state index < -0.39 is 0 Å². The fraction of sp³-hybridized carbons (Fsp3) is 0.0500. The number of ketones is 1. The minimum Gasteiger partial charge on any atom is -0.457 e. The van der Waals surface area contributed by atoms with Crippen LogP contribution in [-0.2, 0) is 0 Å². The van der Waals surface area contributed by atoms with Gasteiger partial charge in [0.05, 0.1) is 0 Å². The molecule has 0 heterocycles. The summed E-state index contributed by atoms with van der Waals surface area (Å²) in [6.45, 7) is 1.97. The maximum absolute atomic E-state index is 12.5. The van der Waals surface area contributed by atoms with Crippen molar-refractivity contribution in [2.75, 3.05) is 5.73 Å². The van der Waals surface area contributed by atoms with Gasteiger partial charge in [0.1, 0.15) is 11.5 Å². The molecule has 0 saturated carbocycles. The highest BCUT2D eigenvalue weighted by atomic mass is 16.5. The number of hydrogen-bond donors (Lipinski definition) is 1. The van der Waals surface area contributed by atoms with Crippen LogP contribution in [0.15, 0.2) is 72.8 Å². The van der Waals surface area contributed by atoms with E-state index in [4.69, 9.17) is 10.5 Å². The fourth-order valence-corrected chi connectivity index (χ4v) is 2.30. The fourth-order valence-electron chi connectivity index (χ4n) is 2.30. The molecule has 0 atom stereocenters. The Bertz CT molecular complexity index is 821. The smallest absolute Gasteiger partial charge is 0.193 e. The molecule has 0 amide bonds. The largest absolute Gasteiger partial charge is 0.457 e. The van der Waals surface area contributed by atoms with Crippen molar-refractivity contribution in [3.05, 3.63) is 89.5 Å². The summed E-state index contributed by atoms with van der Waals surface area (Å²) in [6.07, 6.45) is 0. The maximum Gasteiger partial charge on any atom is 0.193 e. The van der Waals surface area contributed by atoms with Crippen molar-refractivity contribution in [2.45, 2.75) is 6.92 Å². The molecule has 0 aliphatic rings. The molecular formula is C20H17NO2. The number of benzene rings is 3. The van der Waals surface area contributed by atoms with Gasteiger partial charge in [0.25, 0.3) is 0 Å². The van der Waals surface area contributed by atoms with Crippen LogP contribution >= 0.6 is 0 Å². The monoisotopic (exact) mass is 303 g/mol. The van der Waals surface area contributed by atoms with Gasteiger partial charge in [0, 0.05) is 16.8 Å². The lowest BCUT2D eigenvalue weighted by molar-refractivity contribution is 0.103. The summed E-state index contributed by atoms with van der Waals surface area (Å²) in [5.74, 6) is 1.39. The van der Waals surface area contributed by atoms with Crippen LogP contribution in [0.5, 0.6) is 11.5 Å². The highest BCUT2D eigenvalue weighted by Crippen LogP contribution is 2.23. The van der Waals surface area contributed by atoms with Gasteiger partial charge in [-0.2, -0.15) is 0 Å². The lowest BCUT2D eigenvalue weighted by atomic mass is 10.0. The van der Waals surface area contributed by atoms with Gasteiger partial charge < -0.3 is 10.5 Å². The summed E-state index contributed by atoms with van der Waals surface area (Å²) in [5, 5.41) is 0. The Morgan fingerprint density at radius 2 is 1.43 bits per heavy atom. The Labute approximate surface area is 135 Å². The van der Waals surface area contributed by atoms with Gasteiger partial charge in [-0.25, -0.2) is 0 Å². The lowest BCUT2D eigenvalue weighted by Crippen LogP contribution is -2.01. The van der Waals surface area contributed by atoms with Gasteiger partial charge in [-0.15, -0.1) is 0 Å². The van der Waals surface area contributed by atoms with Gasteiger partial charge in [0.15, 0.2) is 5.78 Å². The van der Waals surface area contributed by atoms with Crippen LogP contribution in [-0.4, -0.2) is 5.78 Å². The molecule has 23 heavy (non-hydrogen) atoms. The van der Waals surface area contributed by atoms with Crippen molar-refractivity contribution in [3.63, 3.8) is 0 Å². The molecule has 0 unspecified atom stereocenters. The second-order valence-corrected chi connectivity index (χ2v) is 5.39. The number of nitrogens with two attached hydrogens (primary N) is 1. The predicted molar refractivity (Wildman–Crippen MR) is 92.0 cm³/mol. The van der Waals surface area contributed by atoms with Crippen molar-refractivity contribution in [3.8, 4) is 11.5 Å². The normalized spacial score (nSPS) is 10.3. The molecule has 0 bridgehead atoms. The predicted octanol–water partition coefficient (Wildman–Crippen LogP) is 4.60. The molecule has 3 aromatic rings. The summed E-state index contributed by atoms with van der Waals surface area (Å²) in [4.78, 5) is 12.5. The third kappa shape index (κ3) is 3.58. The zero-order valence-corrected chi connectivity index (χ0v) is 12.8. The van der Waals surface area contributed by atoms with Crippen molar-refractivity contribution >= 4 is 11.5 Å². The minimum atomic E-state index is 0.00716. The number of rotatable bonds is 4. The van der Waals surface area contributed by atoms with E-state index >= 15 is 0 Å². The van der Waals surface area contributed by atoms with Crippen LogP contribution in [0.25, 0.3) is 0 Å². The van der Waals surface area contributed by atoms with Crippen LogP contribution in [0.1, 0.15) is 21.5 Å². The Morgan fingerprint density at radius 1 is 0.826 bits per heavy atom. The van der Waals surface area contributed by atoms with E-state index in [0.29, 0.717) is 28.3 Å². The second-order valence-electron chi connectivity index (χ2n) is 5.39. The Kier molecular flexibility index (Phi) is 4.11. The molecule has 0 aliphatic heterocycles. The van der Waals surface area contributed by atoms with Gasteiger partial charge in [0.2, 0.25) is 0 Å². The number of hydrogen-bond acceptors (Lipinski definition) is 3. The van der Waals surface area contributed by atoms with Crippen LogP contribution in [0.3, 0.4) is 0 Å². The SMILES string of the molecule is Cc1cccc(C(=O)c2ccc(Oc3ccc(N)cc3)cc2)c1. The van der Waals surface area contributed by atoms with Gasteiger partial charge >= 0.3 is 0 Å². The summed E-state index contributed by atoms with van der Waals surface area (Å²) in [7, 11) is 0. The molecule has 0 aromatic heterocycles. The zero-order valence-electron chi connectivity index (χ0n) is 12.8. The molecule has 0 spiro atoms. The number of anilines is 1. The van der Waals surface area contributed by atoms with E-state index in [0.717, 1.165) is 5.56 Å². The van der Waals surface area contributed by atoms with E-state index in [1.807, 2.05) is 31.2 Å². The van der Waals surface area contributed by atoms with Crippen LogP contribution in [0, 0.1) is 6.92 Å². The van der Waals surface area contributed by atoms with Crippen molar-refractivity contribution < 1.29 is 9.53 Å². The van der Waals surface area contributed by atoms with Gasteiger partial charge in [-0.1, -0.05) is 23.8 Å². The Morgan fingerprint density at radius 3 is 2.04 bits per heavy atom. The van der Waals surface area contributed by atoms with Gasteiger partial charge in [-0.05, 0) is 61.5 Å². The third-order valence-electron chi connectivity index (χ3n) is 3.51. The molecule has 0 aliphatic carbocycles. The molecule has 3 rings (SSSR count). The number of nitrogen functional groups attached to an aromatic ring is 1. The quantitative estimate of drug-likeness (QED) is 0.566. The van der Waals surface area contributed by atoms with Crippen molar-refractivity contribution in [1.82, 2.24) is 0 Å². The first-order valence-corrected chi connectivity index (χ1v) is 7.37. The van der Waals surface area contributed by atoms with Crippen molar-refractivity contribution in [2.24, 2.45) is 0 Å².